The molecule has 78 valence electrons. The van der Waals surface area contributed by atoms with E-state index in [1.165, 1.54) is 6.20 Å². The van der Waals surface area contributed by atoms with Crippen LogP contribution in [0.4, 0.5) is 0 Å². The number of nitrogens with zero attached hydrogens (tertiary/aromatic N) is 2. The zero-order valence-corrected chi connectivity index (χ0v) is 7.75. The van der Waals surface area contributed by atoms with Crippen molar-refractivity contribution >= 4 is 17.1 Å². The maximum Gasteiger partial charge on any atom is 0.321 e. The molecule has 0 aliphatic rings. The van der Waals surface area contributed by atoms with Crippen molar-refractivity contribution in [1.29, 1.82) is 0 Å². The Hall–Kier alpha value is -1.95. The molecule has 0 aliphatic heterocycles. The maximum atomic E-state index is 10.5. The molecule has 2 rings (SSSR count). The Morgan fingerprint density at radius 2 is 2.47 bits per heavy atom. The summed E-state index contributed by atoms with van der Waals surface area (Å²) < 4.78 is 5.27. The molecule has 2 aromatic heterocycles. The van der Waals surface area contributed by atoms with Crippen LogP contribution >= 0.6 is 0 Å². The van der Waals surface area contributed by atoms with Gasteiger partial charge < -0.3 is 15.3 Å². The van der Waals surface area contributed by atoms with Crippen LogP contribution in [0.15, 0.2) is 22.9 Å². The summed E-state index contributed by atoms with van der Waals surface area (Å²) in [5, 5.41) is 8.61. The standard InChI is InChI=1S/C9H9N3O3/c10-5(9(13)14)3-8-12-6-1-2-11-4-7(6)15-8/h1-2,4-5H,3,10H2,(H,13,14). The van der Waals surface area contributed by atoms with Crippen LogP contribution in [0.1, 0.15) is 5.89 Å². The van der Waals surface area contributed by atoms with Gasteiger partial charge >= 0.3 is 5.97 Å². The highest BCUT2D eigenvalue weighted by molar-refractivity contribution is 5.74. The molecule has 0 bridgehead atoms. The Balaban J connectivity index is 2.26. The second kappa shape index (κ2) is 3.66. The highest BCUT2D eigenvalue weighted by Crippen LogP contribution is 2.14. The number of carboxylic acids is 1. The van der Waals surface area contributed by atoms with Crippen molar-refractivity contribution in [3.63, 3.8) is 0 Å². The van der Waals surface area contributed by atoms with E-state index in [2.05, 4.69) is 9.97 Å². The van der Waals surface area contributed by atoms with Crippen molar-refractivity contribution in [3.8, 4) is 0 Å². The quantitative estimate of drug-likeness (QED) is 0.744. The van der Waals surface area contributed by atoms with E-state index < -0.39 is 12.0 Å². The van der Waals surface area contributed by atoms with Crippen LogP contribution in [0.2, 0.25) is 0 Å². The Kier molecular flexibility index (Phi) is 2.34. The number of aliphatic carboxylic acids is 1. The zero-order valence-electron chi connectivity index (χ0n) is 7.75. The largest absolute Gasteiger partial charge is 0.480 e. The van der Waals surface area contributed by atoms with Gasteiger partial charge in [0, 0.05) is 6.20 Å². The van der Waals surface area contributed by atoms with Crippen LogP contribution in [0.25, 0.3) is 11.1 Å². The molecule has 0 spiro atoms. The molecular weight excluding hydrogens is 198 g/mol. The molecule has 15 heavy (non-hydrogen) atoms. The number of pyridine rings is 1. The minimum Gasteiger partial charge on any atom is -0.480 e. The van der Waals surface area contributed by atoms with E-state index in [4.69, 9.17) is 15.3 Å². The van der Waals surface area contributed by atoms with Crippen LogP contribution in [0, 0.1) is 0 Å². The van der Waals surface area contributed by atoms with Gasteiger partial charge in [0.05, 0.1) is 12.6 Å². The Morgan fingerprint density at radius 3 is 3.13 bits per heavy atom. The van der Waals surface area contributed by atoms with Crippen molar-refractivity contribution in [2.75, 3.05) is 0 Å². The highest BCUT2D eigenvalue weighted by atomic mass is 16.4. The first-order valence-electron chi connectivity index (χ1n) is 4.34. The second-order valence-electron chi connectivity index (χ2n) is 3.10. The average Bonchev–Trinajstić information content (AvgIpc) is 2.59. The van der Waals surface area contributed by atoms with Gasteiger partial charge in [0.2, 0.25) is 0 Å². The number of carboxylic acid groups (broad SMARTS) is 1. The van der Waals surface area contributed by atoms with Crippen molar-refractivity contribution in [3.05, 3.63) is 24.4 Å². The Morgan fingerprint density at radius 1 is 1.67 bits per heavy atom. The number of fused-ring (bicyclic) bond motifs is 1. The lowest BCUT2D eigenvalue weighted by atomic mass is 10.2. The van der Waals surface area contributed by atoms with E-state index in [1.54, 1.807) is 12.3 Å². The van der Waals surface area contributed by atoms with Gasteiger partial charge in [-0.15, -0.1) is 0 Å². The summed E-state index contributed by atoms with van der Waals surface area (Å²) in [7, 11) is 0. The van der Waals surface area contributed by atoms with Crippen molar-refractivity contribution < 1.29 is 14.3 Å². The summed E-state index contributed by atoms with van der Waals surface area (Å²) >= 11 is 0. The van der Waals surface area contributed by atoms with E-state index in [1.807, 2.05) is 0 Å². The summed E-state index contributed by atoms with van der Waals surface area (Å²) in [4.78, 5) is 18.5. The maximum absolute atomic E-state index is 10.5. The van der Waals surface area contributed by atoms with Crippen LogP contribution < -0.4 is 5.73 Å². The predicted octanol–water partition coefficient (Wildman–Crippen LogP) is 0.177. The lowest BCUT2D eigenvalue weighted by Gasteiger charge is -2.00. The second-order valence-corrected chi connectivity index (χ2v) is 3.10. The molecule has 6 heteroatoms. The third kappa shape index (κ3) is 1.94. The van der Waals surface area contributed by atoms with Crippen LogP contribution in [0.3, 0.4) is 0 Å². The van der Waals surface area contributed by atoms with Gasteiger partial charge in [-0.2, -0.15) is 0 Å². The van der Waals surface area contributed by atoms with Gasteiger partial charge in [0.15, 0.2) is 11.5 Å². The third-order valence-corrected chi connectivity index (χ3v) is 1.95. The monoisotopic (exact) mass is 207 g/mol. The van der Waals surface area contributed by atoms with Crippen LogP contribution in [-0.4, -0.2) is 27.1 Å². The van der Waals surface area contributed by atoms with E-state index in [9.17, 15) is 4.79 Å². The molecule has 1 atom stereocenters. The molecule has 1 unspecified atom stereocenters. The summed E-state index contributed by atoms with van der Waals surface area (Å²) in [6, 6.07) is 0.695. The molecule has 0 saturated heterocycles. The molecule has 0 radical (unpaired) electrons. The smallest absolute Gasteiger partial charge is 0.321 e. The van der Waals surface area contributed by atoms with Crippen LogP contribution in [0.5, 0.6) is 0 Å². The first-order chi connectivity index (χ1) is 7.16. The third-order valence-electron chi connectivity index (χ3n) is 1.95. The topological polar surface area (TPSA) is 102 Å². The minimum absolute atomic E-state index is 0.0734. The predicted molar refractivity (Wildman–Crippen MR) is 51.1 cm³/mol. The lowest BCUT2D eigenvalue weighted by Crippen LogP contribution is -2.32. The molecule has 6 nitrogen and oxygen atoms in total. The summed E-state index contributed by atoms with van der Waals surface area (Å²) in [6.45, 7) is 0. The van der Waals surface area contributed by atoms with Gasteiger partial charge in [-0.05, 0) is 6.07 Å². The number of nitrogens with two attached hydrogens (primary N) is 1. The van der Waals surface area contributed by atoms with Crippen molar-refractivity contribution in [2.45, 2.75) is 12.5 Å². The zero-order chi connectivity index (χ0) is 10.8. The Bertz CT molecular complexity index is 461. The minimum atomic E-state index is -1.07. The fourth-order valence-corrected chi connectivity index (χ4v) is 1.19. The summed E-state index contributed by atoms with van der Waals surface area (Å²) in [5.41, 5.74) is 6.54. The molecule has 3 N–H and O–H groups in total. The normalized spacial score (nSPS) is 12.9. The molecule has 0 aromatic carbocycles. The highest BCUT2D eigenvalue weighted by Gasteiger charge is 2.16. The lowest BCUT2D eigenvalue weighted by molar-refractivity contribution is -0.138. The number of hydrogen-bond donors (Lipinski definition) is 2. The van der Waals surface area contributed by atoms with Gasteiger partial charge in [-0.25, -0.2) is 4.98 Å². The number of carbonyl (C=O) groups is 1. The first kappa shape index (κ1) is 9.60. The molecule has 0 fully saturated rings. The average molecular weight is 207 g/mol. The van der Waals surface area contributed by atoms with E-state index >= 15 is 0 Å². The fraction of sp³-hybridized carbons (Fsp3) is 0.222. The summed E-state index contributed by atoms with van der Waals surface area (Å²) in [5.74, 6) is -0.761. The van der Waals surface area contributed by atoms with Gasteiger partial charge in [-0.1, -0.05) is 0 Å². The van der Waals surface area contributed by atoms with E-state index in [0.717, 1.165) is 0 Å². The SMILES string of the molecule is NC(Cc1nc2ccncc2o1)C(=O)O. The molecule has 0 amide bonds. The molecule has 2 heterocycles. The molecular formula is C9H9N3O3. The van der Waals surface area contributed by atoms with Gasteiger partial charge in [0.25, 0.3) is 0 Å². The van der Waals surface area contributed by atoms with E-state index in [0.29, 0.717) is 17.0 Å². The number of hydrogen-bond acceptors (Lipinski definition) is 5. The molecule has 2 aromatic rings. The Labute approximate surface area is 84.7 Å². The first-order valence-corrected chi connectivity index (χ1v) is 4.34. The molecule has 0 saturated carbocycles. The van der Waals surface area contributed by atoms with Gasteiger partial charge in [0.1, 0.15) is 11.6 Å². The van der Waals surface area contributed by atoms with Crippen LogP contribution in [-0.2, 0) is 11.2 Å². The number of aromatic nitrogens is 2. The number of oxazole rings is 1. The number of rotatable bonds is 3. The summed E-state index contributed by atoms with van der Waals surface area (Å²) in [6.07, 6.45) is 3.19. The molecule has 0 aliphatic carbocycles. The van der Waals surface area contributed by atoms with Gasteiger partial charge in [-0.3, -0.25) is 9.78 Å². The fourth-order valence-electron chi connectivity index (χ4n) is 1.19. The van der Waals surface area contributed by atoms with E-state index in [-0.39, 0.29) is 6.42 Å². The van der Waals surface area contributed by atoms with Crippen molar-refractivity contribution in [2.24, 2.45) is 5.73 Å². The van der Waals surface area contributed by atoms with Crippen molar-refractivity contribution in [1.82, 2.24) is 9.97 Å².